The van der Waals surface area contributed by atoms with Gasteiger partial charge in [-0.05, 0) is 49.4 Å². The lowest BCUT2D eigenvalue weighted by Crippen LogP contribution is -2.16. The summed E-state index contributed by atoms with van der Waals surface area (Å²) in [6.07, 6.45) is 1.70. The van der Waals surface area contributed by atoms with Crippen molar-refractivity contribution in [1.82, 2.24) is 15.0 Å². The van der Waals surface area contributed by atoms with Gasteiger partial charge in [-0.25, -0.2) is 9.97 Å². The minimum atomic E-state index is -0.327. The number of aryl methyl sites for hydroxylation is 1. The number of fused-ring (bicyclic) bond motifs is 1. The first kappa shape index (κ1) is 18.4. The lowest BCUT2D eigenvalue weighted by molar-refractivity contribution is 0.102. The summed E-state index contributed by atoms with van der Waals surface area (Å²) in [5.41, 5.74) is 3.10. The van der Waals surface area contributed by atoms with Gasteiger partial charge in [-0.2, -0.15) is 0 Å². The highest BCUT2D eigenvalue weighted by Crippen LogP contribution is 2.22. The van der Waals surface area contributed by atoms with E-state index in [0.717, 1.165) is 22.3 Å². The Morgan fingerprint density at radius 3 is 2.59 bits per heavy atom. The van der Waals surface area contributed by atoms with Crippen molar-refractivity contribution in [3.05, 3.63) is 78.2 Å². The average molecular weight is 385 g/mol. The van der Waals surface area contributed by atoms with E-state index in [9.17, 15) is 4.79 Å². The summed E-state index contributed by atoms with van der Waals surface area (Å²) < 4.78 is 5.16. The molecule has 1 amide bonds. The molecule has 7 heteroatoms. The van der Waals surface area contributed by atoms with Crippen LogP contribution in [-0.2, 0) is 0 Å². The third-order valence-corrected chi connectivity index (χ3v) is 4.31. The minimum absolute atomic E-state index is 0.265. The molecule has 2 N–H and O–H groups in total. The molecule has 0 bridgehead atoms. The van der Waals surface area contributed by atoms with Gasteiger partial charge in [-0.1, -0.05) is 18.2 Å². The van der Waals surface area contributed by atoms with Crippen molar-refractivity contribution >= 4 is 34.1 Å². The van der Waals surface area contributed by atoms with E-state index in [1.807, 2.05) is 61.5 Å². The lowest BCUT2D eigenvalue weighted by atomic mass is 10.2. The molecule has 0 aliphatic carbocycles. The molecule has 2 aromatic carbocycles. The van der Waals surface area contributed by atoms with Gasteiger partial charge in [-0.15, -0.1) is 0 Å². The van der Waals surface area contributed by atoms with Crippen LogP contribution in [0, 0.1) is 6.92 Å². The predicted octanol–water partition coefficient (Wildman–Crippen LogP) is 4.34. The maximum atomic E-state index is 12.8. The van der Waals surface area contributed by atoms with E-state index >= 15 is 0 Å². The first-order valence-electron chi connectivity index (χ1n) is 9.04. The van der Waals surface area contributed by atoms with Gasteiger partial charge in [0.05, 0.1) is 18.3 Å². The fraction of sp³-hybridized carbons (Fsp3) is 0.0909. The molecule has 0 aliphatic rings. The number of carbonyl (C=O) groups is 1. The predicted molar refractivity (Wildman–Crippen MR) is 113 cm³/mol. The molecule has 29 heavy (non-hydrogen) atoms. The van der Waals surface area contributed by atoms with Crippen molar-refractivity contribution in [3.8, 4) is 5.75 Å². The Labute approximate surface area is 167 Å². The Kier molecular flexibility index (Phi) is 5.03. The standard InChI is InChI=1S/C22H19N5O2/c1-14-13-19(27-22(24-14)25-16-8-10-17(29-2)11-9-16)21(28)26-18-7-3-5-15-6-4-12-23-20(15)18/h3-13H,1-2H3,(H,26,28)(H,24,25,27). The number of hydrogen-bond acceptors (Lipinski definition) is 6. The number of benzene rings is 2. The number of anilines is 3. The molecule has 0 aliphatic heterocycles. The maximum absolute atomic E-state index is 12.8. The summed E-state index contributed by atoms with van der Waals surface area (Å²) >= 11 is 0. The van der Waals surface area contributed by atoms with E-state index in [1.54, 1.807) is 19.4 Å². The van der Waals surface area contributed by atoms with Crippen molar-refractivity contribution in [2.45, 2.75) is 6.92 Å². The second-order valence-electron chi connectivity index (χ2n) is 6.41. The van der Waals surface area contributed by atoms with E-state index in [0.29, 0.717) is 17.3 Å². The van der Waals surface area contributed by atoms with Gasteiger partial charge in [0.15, 0.2) is 0 Å². The van der Waals surface area contributed by atoms with E-state index in [4.69, 9.17) is 4.74 Å². The highest BCUT2D eigenvalue weighted by Gasteiger charge is 2.13. The molecular formula is C22H19N5O2. The Balaban J connectivity index is 1.58. The summed E-state index contributed by atoms with van der Waals surface area (Å²) in [5, 5.41) is 6.96. The molecule has 4 rings (SSSR count). The smallest absolute Gasteiger partial charge is 0.274 e. The van der Waals surface area contributed by atoms with Gasteiger partial charge >= 0.3 is 0 Å². The molecule has 0 saturated carbocycles. The van der Waals surface area contributed by atoms with E-state index < -0.39 is 0 Å². The van der Waals surface area contributed by atoms with E-state index in [1.165, 1.54) is 0 Å². The van der Waals surface area contributed by atoms with Crippen LogP contribution in [-0.4, -0.2) is 28.0 Å². The number of amides is 1. The number of rotatable bonds is 5. The summed E-state index contributed by atoms with van der Waals surface area (Å²) in [4.78, 5) is 25.9. The van der Waals surface area contributed by atoms with Gasteiger partial charge in [0, 0.05) is 23.0 Å². The summed E-state index contributed by atoms with van der Waals surface area (Å²) in [5.74, 6) is 0.771. The van der Waals surface area contributed by atoms with Gasteiger partial charge < -0.3 is 15.4 Å². The van der Waals surface area contributed by atoms with Crippen LogP contribution in [0.2, 0.25) is 0 Å². The Hall–Kier alpha value is -4.00. The van der Waals surface area contributed by atoms with Gasteiger partial charge in [0.1, 0.15) is 11.4 Å². The first-order chi connectivity index (χ1) is 14.1. The minimum Gasteiger partial charge on any atom is -0.497 e. The number of ether oxygens (including phenoxy) is 1. The van der Waals surface area contributed by atoms with Crippen LogP contribution >= 0.6 is 0 Å². The maximum Gasteiger partial charge on any atom is 0.274 e. The zero-order valence-corrected chi connectivity index (χ0v) is 16.0. The highest BCUT2D eigenvalue weighted by molar-refractivity contribution is 6.07. The van der Waals surface area contributed by atoms with Crippen molar-refractivity contribution in [2.24, 2.45) is 0 Å². The molecule has 0 unspecified atom stereocenters. The molecule has 2 heterocycles. The fourth-order valence-corrected chi connectivity index (χ4v) is 2.94. The van der Waals surface area contributed by atoms with Crippen LogP contribution in [0.5, 0.6) is 5.75 Å². The summed E-state index contributed by atoms with van der Waals surface area (Å²) in [6.45, 7) is 1.82. The van der Waals surface area contributed by atoms with Crippen LogP contribution in [0.3, 0.4) is 0 Å². The average Bonchev–Trinajstić information content (AvgIpc) is 2.74. The molecule has 4 aromatic rings. The van der Waals surface area contributed by atoms with E-state index in [2.05, 4.69) is 25.6 Å². The molecule has 0 fully saturated rings. The van der Waals surface area contributed by atoms with Crippen LogP contribution in [0.1, 0.15) is 16.2 Å². The number of aromatic nitrogens is 3. The molecule has 7 nitrogen and oxygen atoms in total. The SMILES string of the molecule is COc1ccc(Nc2nc(C)cc(C(=O)Nc3cccc4cccnc34)n2)cc1. The number of para-hydroxylation sites is 1. The van der Waals surface area contributed by atoms with Crippen molar-refractivity contribution < 1.29 is 9.53 Å². The number of carbonyl (C=O) groups excluding carboxylic acids is 1. The molecule has 0 spiro atoms. The van der Waals surface area contributed by atoms with Gasteiger partial charge in [0.25, 0.3) is 5.91 Å². The second kappa shape index (κ2) is 7.93. The topological polar surface area (TPSA) is 89.0 Å². The summed E-state index contributed by atoms with van der Waals surface area (Å²) in [7, 11) is 1.61. The van der Waals surface area contributed by atoms with Crippen molar-refractivity contribution in [3.63, 3.8) is 0 Å². The molecule has 0 saturated heterocycles. The van der Waals surface area contributed by atoms with Crippen LogP contribution < -0.4 is 15.4 Å². The normalized spacial score (nSPS) is 10.6. The Morgan fingerprint density at radius 2 is 1.79 bits per heavy atom. The van der Waals surface area contributed by atoms with E-state index in [-0.39, 0.29) is 11.6 Å². The highest BCUT2D eigenvalue weighted by atomic mass is 16.5. The van der Waals surface area contributed by atoms with Crippen molar-refractivity contribution in [2.75, 3.05) is 17.7 Å². The molecule has 0 atom stereocenters. The number of hydrogen-bond donors (Lipinski definition) is 2. The number of nitrogens with one attached hydrogen (secondary N) is 2. The van der Waals surface area contributed by atoms with Gasteiger partial charge in [0.2, 0.25) is 5.95 Å². The molecule has 0 radical (unpaired) electrons. The third kappa shape index (κ3) is 4.14. The Bertz CT molecular complexity index is 1170. The van der Waals surface area contributed by atoms with Crippen molar-refractivity contribution in [1.29, 1.82) is 0 Å². The second-order valence-corrected chi connectivity index (χ2v) is 6.41. The largest absolute Gasteiger partial charge is 0.497 e. The fourth-order valence-electron chi connectivity index (χ4n) is 2.94. The molecule has 144 valence electrons. The number of pyridine rings is 1. The zero-order chi connectivity index (χ0) is 20.2. The van der Waals surface area contributed by atoms with Gasteiger partial charge in [-0.3, -0.25) is 9.78 Å². The first-order valence-corrected chi connectivity index (χ1v) is 9.04. The summed E-state index contributed by atoms with van der Waals surface area (Å²) in [6, 6.07) is 18.5. The van der Waals surface area contributed by atoms with Crippen LogP contribution in [0.4, 0.5) is 17.3 Å². The molecule has 2 aromatic heterocycles. The number of nitrogens with zero attached hydrogens (tertiary/aromatic N) is 3. The number of methoxy groups -OCH3 is 1. The molecular weight excluding hydrogens is 366 g/mol. The zero-order valence-electron chi connectivity index (χ0n) is 16.0. The van der Waals surface area contributed by atoms with Crippen LogP contribution in [0.15, 0.2) is 66.9 Å². The van der Waals surface area contributed by atoms with Crippen LogP contribution in [0.25, 0.3) is 10.9 Å². The quantitative estimate of drug-likeness (QED) is 0.531. The Morgan fingerprint density at radius 1 is 1.00 bits per heavy atom. The third-order valence-electron chi connectivity index (χ3n) is 4.31. The monoisotopic (exact) mass is 385 g/mol. The lowest BCUT2D eigenvalue weighted by Gasteiger charge is -2.10.